The van der Waals surface area contributed by atoms with Gasteiger partial charge >= 0.3 is 0 Å². The Hall–Kier alpha value is -2.12. The Morgan fingerprint density at radius 2 is 2.16 bits per heavy atom. The summed E-state index contributed by atoms with van der Waals surface area (Å²) in [5.74, 6) is 2.90. The second kappa shape index (κ2) is 7.84. The van der Waals surface area contributed by atoms with Crippen molar-refractivity contribution in [2.75, 3.05) is 33.4 Å². The predicted octanol–water partition coefficient (Wildman–Crippen LogP) is 1.99. The van der Waals surface area contributed by atoms with Crippen LogP contribution in [0.3, 0.4) is 0 Å². The topological polar surface area (TPSA) is 80.9 Å². The number of hydrogen-bond acceptors (Lipinski definition) is 7. The molecule has 2 aromatic rings. The number of benzene rings is 1. The minimum atomic E-state index is 0.0655. The van der Waals surface area contributed by atoms with E-state index in [0.29, 0.717) is 18.3 Å². The first-order valence-electron chi connectivity index (χ1n) is 8.57. The highest BCUT2D eigenvalue weighted by Gasteiger charge is 2.36. The molecule has 2 heterocycles. The number of ether oxygens (including phenoxy) is 2. The lowest BCUT2D eigenvalue weighted by atomic mass is 9.97. The maximum Gasteiger partial charge on any atom is 0.231 e. The third-order valence-electron chi connectivity index (χ3n) is 4.55. The molecule has 0 unspecified atom stereocenters. The summed E-state index contributed by atoms with van der Waals surface area (Å²) in [5, 5.41) is 13.6. The maximum atomic E-state index is 9.71. The number of aliphatic hydroxyl groups excluding tert-OH is 1. The van der Waals surface area contributed by atoms with Crippen molar-refractivity contribution < 1.29 is 19.1 Å². The largest absolute Gasteiger partial charge is 0.493 e. The van der Waals surface area contributed by atoms with Gasteiger partial charge in [-0.3, -0.25) is 4.90 Å². The van der Waals surface area contributed by atoms with Gasteiger partial charge in [0.15, 0.2) is 17.3 Å². The van der Waals surface area contributed by atoms with Crippen molar-refractivity contribution >= 4 is 0 Å². The van der Waals surface area contributed by atoms with Gasteiger partial charge in [0, 0.05) is 32.2 Å². The van der Waals surface area contributed by atoms with Crippen LogP contribution in [-0.2, 0) is 6.54 Å². The highest BCUT2D eigenvalue weighted by atomic mass is 16.5. The summed E-state index contributed by atoms with van der Waals surface area (Å²) in [6, 6.07) is 5.99. The summed E-state index contributed by atoms with van der Waals surface area (Å²) in [7, 11) is 1.65. The molecular weight excluding hydrogens is 322 g/mol. The van der Waals surface area contributed by atoms with Crippen molar-refractivity contribution in [2.45, 2.75) is 26.3 Å². The van der Waals surface area contributed by atoms with E-state index in [1.807, 2.05) is 25.1 Å². The molecule has 1 aliphatic rings. The van der Waals surface area contributed by atoms with Gasteiger partial charge in [-0.2, -0.15) is 4.98 Å². The quantitative estimate of drug-likeness (QED) is 0.820. The molecule has 0 saturated carbocycles. The van der Waals surface area contributed by atoms with Gasteiger partial charge in [-0.15, -0.1) is 0 Å². The number of hydrogen-bond donors (Lipinski definition) is 1. The third kappa shape index (κ3) is 3.93. The number of rotatable bonds is 7. The Balaban J connectivity index is 1.71. The molecule has 0 spiro atoms. The van der Waals surface area contributed by atoms with Crippen LogP contribution in [0.2, 0.25) is 0 Å². The lowest BCUT2D eigenvalue weighted by Crippen LogP contribution is -2.21. The molecule has 1 aromatic heterocycles. The fourth-order valence-electron chi connectivity index (χ4n) is 3.36. The van der Waals surface area contributed by atoms with Gasteiger partial charge in [-0.05, 0) is 31.5 Å². The molecule has 7 heteroatoms. The number of aromatic nitrogens is 2. The summed E-state index contributed by atoms with van der Waals surface area (Å²) in [4.78, 5) is 6.63. The van der Waals surface area contributed by atoms with Crippen LogP contribution < -0.4 is 9.47 Å². The van der Waals surface area contributed by atoms with E-state index in [0.717, 1.165) is 36.7 Å². The summed E-state index contributed by atoms with van der Waals surface area (Å²) in [6.45, 7) is 6.80. The highest BCUT2D eigenvalue weighted by molar-refractivity contribution is 5.43. The van der Waals surface area contributed by atoms with Gasteiger partial charge in [0.1, 0.15) is 0 Å². The number of nitrogens with zero attached hydrogens (tertiary/aromatic N) is 3. The normalized spacial score (nSPS) is 20.8. The molecule has 1 aromatic carbocycles. The van der Waals surface area contributed by atoms with Gasteiger partial charge in [-0.25, -0.2) is 0 Å². The van der Waals surface area contributed by atoms with Crippen molar-refractivity contribution in [3.05, 3.63) is 35.5 Å². The SMILES string of the molecule is CCOc1ccc(CN2C[C@@H](CO)[C@H](c3nc(C)no3)C2)cc1OC. The minimum absolute atomic E-state index is 0.0655. The van der Waals surface area contributed by atoms with E-state index in [4.69, 9.17) is 14.0 Å². The Kier molecular flexibility index (Phi) is 5.55. The second-order valence-electron chi connectivity index (χ2n) is 6.34. The second-order valence-corrected chi connectivity index (χ2v) is 6.34. The monoisotopic (exact) mass is 347 g/mol. The van der Waals surface area contributed by atoms with Gasteiger partial charge in [0.25, 0.3) is 0 Å². The van der Waals surface area contributed by atoms with Crippen LogP contribution in [-0.4, -0.2) is 53.6 Å². The Morgan fingerprint density at radius 1 is 1.32 bits per heavy atom. The standard InChI is InChI=1S/C18H25N3O4/c1-4-24-16-6-5-13(7-17(16)23-3)8-21-9-14(11-22)15(10-21)18-19-12(2)20-25-18/h5-7,14-15,22H,4,8-11H2,1-3H3/t14-,15+/m0/s1. The average Bonchev–Trinajstić information content (AvgIpc) is 3.22. The molecule has 1 saturated heterocycles. The Morgan fingerprint density at radius 3 is 2.80 bits per heavy atom. The third-order valence-corrected chi connectivity index (χ3v) is 4.55. The molecule has 0 bridgehead atoms. The summed E-state index contributed by atoms with van der Waals surface area (Å²) in [6.07, 6.45) is 0. The van der Waals surface area contributed by atoms with Gasteiger partial charge in [0.05, 0.1) is 19.6 Å². The summed E-state index contributed by atoms with van der Waals surface area (Å²) >= 11 is 0. The molecule has 25 heavy (non-hydrogen) atoms. The molecule has 136 valence electrons. The van der Waals surface area contributed by atoms with E-state index in [1.54, 1.807) is 14.0 Å². The van der Waals surface area contributed by atoms with Gasteiger partial charge in [-0.1, -0.05) is 11.2 Å². The van der Waals surface area contributed by atoms with E-state index < -0.39 is 0 Å². The van der Waals surface area contributed by atoms with Crippen molar-refractivity contribution in [3.8, 4) is 11.5 Å². The van der Waals surface area contributed by atoms with E-state index in [2.05, 4.69) is 15.0 Å². The lowest BCUT2D eigenvalue weighted by molar-refractivity contribution is 0.204. The molecule has 1 fully saturated rings. The molecule has 0 amide bonds. The van der Waals surface area contributed by atoms with Crippen molar-refractivity contribution in [3.63, 3.8) is 0 Å². The van der Waals surface area contributed by atoms with E-state index in [-0.39, 0.29) is 18.4 Å². The van der Waals surface area contributed by atoms with Crippen molar-refractivity contribution in [1.82, 2.24) is 15.0 Å². The zero-order valence-electron chi connectivity index (χ0n) is 14.9. The number of aliphatic hydroxyl groups is 1. The molecule has 0 aliphatic carbocycles. The van der Waals surface area contributed by atoms with Crippen molar-refractivity contribution in [1.29, 1.82) is 0 Å². The number of likely N-dealkylation sites (tertiary alicyclic amines) is 1. The molecular formula is C18H25N3O4. The summed E-state index contributed by atoms with van der Waals surface area (Å²) < 4.78 is 16.3. The first-order valence-corrected chi connectivity index (χ1v) is 8.57. The zero-order chi connectivity index (χ0) is 17.8. The molecule has 1 aliphatic heterocycles. The number of methoxy groups -OCH3 is 1. The Labute approximate surface area is 147 Å². The maximum absolute atomic E-state index is 9.71. The molecule has 1 N–H and O–H groups in total. The van der Waals surface area contributed by atoms with Crippen LogP contribution in [0.25, 0.3) is 0 Å². The van der Waals surface area contributed by atoms with Crippen LogP contribution in [0, 0.1) is 12.8 Å². The fourth-order valence-corrected chi connectivity index (χ4v) is 3.36. The van der Waals surface area contributed by atoms with Crippen LogP contribution in [0.15, 0.2) is 22.7 Å². The first kappa shape index (κ1) is 17.7. The van der Waals surface area contributed by atoms with E-state index in [9.17, 15) is 5.11 Å². The van der Waals surface area contributed by atoms with Gasteiger partial charge < -0.3 is 19.1 Å². The van der Waals surface area contributed by atoms with Crippen LogP contribution >= 0.6 is 0 Å². The number of aryl methyl sites for hydroxylation is 1. The molecule has 3 rings (SSSR count). The van der Waals surface area contributed by atoms with Crippen LogP contribution in [0.1, 0.15) is 30.1 Å². The first-order chi connectivity index (χ1) is 12.1. The highest BCUT2D eigenvalue weighted by Crippen LogP contribution is 2.34. The van der Waals surface area contributed by atoms with Crippen LogP contribution in [0.4, 0.5) is 0 Å². The minimum Gasteiger partial charge on any atom is -0.493 e. The zero-order valence-corrected chi connectivity index (χ0v) is 14.9. The van der Waals surface area contributed by atoms with E-state index in [1.165, 1.54) is 0 Å². The predicted molar refractivity (Wildman–Crippen MR) is 91.8 cm³/mol. The van der Waals surface area contributed by atoms with Crippen molar-refractivity contribution in [2.24, 2.45) is 5.92 Å². The van der Waals surface area contributed by atoms with Gasteiger partial charge in [0.2, 0.25) is 5.89 Å². The smallest absolute Gasteiger partial charge is 0.231 e. The van der Waals surface area contributed by atoms with E-state index >= 15 is 0 Å². The molecule has 2 atom stereocenters. The molecule has 0 radical (unpaired) electrons. The summed E-state index contributed by atoms with van der Waals surface area (Å²) in [5.41, 5.74) is 1.14. The average molecular weight is 347 g/mol. The van der Waals surface area contributed by atoms with Crippen LogP contribution in [0.5, 0.6) is 11.5 Å². The fraction of sp³-hybridized carbons (Fsp3) is 0.556. The Bertz CT molecular complexity index is 703. The lowest BCUT2D eigenvalue weighted by Gasteiger charge is -2.17. The molecule has 7 nitrogen and oxygen atoms in total.